The highest BCUT2D eigenvalue weighted by Crippen LogP contribution is 2.65. The van der Waals surface area contributed by atoms with Crippen molar-refractivity contribution in [1.82, 2.24) is 10.2 Å². The van der Waals surface area contributed by atoms with Crippen molar-refractivity contribution in [1.29, 1.82) is 0 Å². The lowest BCUT2D eigenvalue weighted by atomic mass is 9.42. The summed E-state index contributed by atoms with van der Waals surface area (Å²) in [6.45, 7) is 8.73. The first kappa shape index (κ1) is 19.6. The SMILES string of the molecule is CC(C)(CNC(=O)C12C[C@H]3C[C@@H](C1)CC(c1ccccc1)(C3)C2)N1CCOCC1. The van der Waals surface area contributed by atoms with Crippen molar-refractivity contribution in [3.63, 3.8) is 0 Å². The van der Waals surface area contributed by atoms with Gasteiger partial charge in [-0.3, -0.25) is 9.69 Å². The van der Waals surface area contributed by atoms with Gasteiger partial charge < -0.3 is 10.1 Å². The number of amides is 1. The predicted octanol–water partition coefficient (Wildman–Crippen LogP) is 3.75. The van der Waals surface area contributed by atoms with Crippen LogP contribution in [-0.2, 0) is 14.9 Å². The minimum absolute atomic E-state index is 0.0289. The number of hydrogen-bond donors (Lipinski definition) is 1. The average Bonchev–Trinajstić information content (AvgIpc) is 2.72. The Morgan fingerprint density at radius 2 is 1.76 bits per heavy atom. The van der Waals surface area contributed by atoms with Crippen LogP contribution >= 0.6 is 0 Å². The number of benzene rings is 1. The van der Waals surface area contributed by atoms with Crippen LogP contribution in [0.5, 0.6) is 0 Å². The van der Waals surface area contributed by atoms with Gasteiger partial charge >= 0.3 is 0 Å². The van der Waals surface area contributed by atoms with Crippen molar-refractivity contribution < 1.29 is 9.53 Å². The normalized spacial score (nSPS) is 36.9. The van der Waals surface area contributed by atoms with Crippen LogP contribution in [0.25, 0.3) is 0 Å². The van der Waals surface area contributed by atoms with Crippen LogP contribution in [0.15, 0.2) is 30.3 Å². The number of carbonyl (C=O) groups excluding carboxylic acids is 1. The molecule has 0 aromatic heterocycles. The highest BCUT2D eigenvalue weighted by molar-refractivity contribution is 5.83. The van der Waals surface area contributed by atoms with Crippen molar-refractivity contribution in [2.75, 3.05) is 32.8 Å². The van der Waals surface area contributed by atoms with Crippen LogP contribution in [0.4, 0.5) is 0 Å². The minimum Gasteiger partial charge on any atom is -0.379 e. The molecule has 0 spiro atoms. The first-order chi connectivity index (χ1) is 13.9. The summed E-state index contributed by atoms with van der Waals surface area (Å²) >= 11 is 0. The van der Waals surface area contributed by atoms with E-state index in [1.54, 1.807) is 0 Å². The topological polar surface area (TPSA) is 41.6 Å². The second-order valence-corrected chi connectivity index (χ2v) is 11.0. The van der Waals surface area contributed by atoms with Gasteiger partial charge in [-0.1, -0.05) is 30.3 Å². The Labute approximate surface area is 175 Å². The molecule has 4 saturated carbocycles. The first-order valence-corrected chi connectivity index (χ1v) is 11.6. The molecule has 1 aromatic carbocycles. The molecule has 0 radical (unpaired) electrons. The molecule has 6 rings (SSSR count). The molecular weight excluding hydrogens is 360 g/mol. The number of carbonyl (C=O) groups is 1. The third-order valence-corrected chi connectivity index (χ3v) is 8.48. The van der Waals surface area contributed by atoms with Gasteiger partial charge in [-0.15, -0.1) is 0 Å². The smallest absolute Gasteiger partial charge is 0.226 e. The van der Waals surface area contributed by atoms with Crippen LogP contribution in [0.3, 0.4) is 0 Å². The van der Waals surface area contributed by atoms with E-state index in [-0.39, 0.29) is 16.4 Å². The number of morpholine rings is 1. The molecule has 5 fully saturated rings. The zero-order chi connectivity index (χ0) is 20.1. The Morgan fingerprint density at radius 1 is 1.10 bits per heavy atom. The molecule has 1 aromatic rings. The van der Waals surface area contributed by atoms with Gasteiger partial charge in [0.2, 0.25) is 5.91 Å². The van der Waals surface area contributed by atoms with E-state index < -0.39 is 0 Å². The molecule has 4 bridgehead atoms. The molecule has 4 atom stereocenters. The molecule has 29 heavy (non-hydrogen) atoms. The van der Waals surface area contributed by atoms with Crippen molar-refractivity contribution in [2.24, 2.45) is 17.3 Å². The van der Waals surface area contributed by atoms with E-state index in [0.717, 1.165) is 63.9 Å². The van der Waals surface area contributed by atoms with Gasteiger partial charge in [0, 0.05) is 25.2 Å². The monoisotopic (exact) mass is 396 g/mol. The number of rotatable bonds is 5. The summed E-state index contributed by atoms with van der Waals surface area (Å²) < 4.78 is 5.51. The zero-order valence-corrected chi connectivity index (χ0v) is 18.1. The van der Waals surface area contributed by atoms with Crippen molar-refractivity contribution in [3.8, 4) is 0 Å². The summed E-state index contributed by atoms with van der Waals surface area (Å²) in [7, 11) is 0. The molecule has 1 heterocycles. The fourth-order valence-electron chi connectivity index (χ4n) is 7.42. The summed E-state index contributed by atoms with van der Waals surface area (Å²) in [5, 5.41) is 3.42. The Morgan fingerprint density at radius 3 is 2.41 bits per heavy atom. The molecule has 1 saturated heterocycles. The summed E-state index contributed by atoms with van der Waals surface area (Å²) in [6, 6.07) is 11.1. The fourth-order valence-corrected chi connectivity index (χ4v) is 7.42. The highest BCUT2D eigenvalue weighted by Gasteiger charge is 2.60. The van der Waals surface area contributed by atoms with Crippen LogP contribution in [0.1, 0.15) is 57.9 Å². The average molecular weight is 397 g/mol. The third-order valence-electron chi connectivity index (χ3n) is 8.48. The predicted molar refractivity (Wildman–Crippen MR) is 115 cm³/mol. The fraction of sp³-hybridized carbons (Fsp3) is 0.720. The molecule has 2 unspecified atom stereocenters. The molecule has 4 aliphatic carbocycles. The second-order valence-electron chi connectivity index (χ2n) is 11.0. The molecule has 158 valence electrons. The van der Waals surface area contributed by atoms with Crippen LogP contribution in [0.2, 0.25) is 0 Å². The Bertz CT molecular complexity index is 739. The molecule has 4 nitrogen and oxygen atoms in total. The first-order valence-electron chi connectivity index (χ1n) is 11.6. The zero-order valence-electron chi connectivity index (χ0n) is 18.1. The number of hydrogen-bond acceptors (Lipinski definition) is 3. The van der Waals surface area contributed by atoms with E-state index in [4.69, 9.17) is 4.74 Å². The highest BCUT2D eigenvalue weighted by atomic mass is 16.5. The Kier molecular flexibility index (Phi) is 4.78. The van der Waals surface area contributed by atoms with Crippen molar-refractivity contribution >= 4 is 5.91 Å². The van der Waals surface area contributed by atoms with Crippen molar-refractivity contribution in [2.45, 2.75) is 63.3 Å². The van der Waals surface area contributed by atoms with Gasteiger partial charge in [-0.05, 0) is 75.2 Å². The molecule has 1 N–H and O–H groups in total. The largest absolute Gasteiger partial charge is 0.379 e. The van der Waals surface area contributed by atoms with E-state index in [9.17, 15) is 4.79 Å². The standard InChI is InChI=1S/C25H36N2O2/c1-23(2,27-8-10-29-11-9-27)18-26-22(28)25-15-19-12-20(16-25)14-24(13-19,17-25)21-6-4-3-5-7-21/h3-7,19-20H,8-18H2,1-2H3,(H,26,28)/t19-,20+,24?,25?. The summed E-state index contributed by atoms with van der Waals surface area (Å²) in [6.07, 6.45) is 7.14. The summed E-state index contributed by atoms with van der Waals surface area (Å²) in [5.74, 6) is 1.76. The maximum atomic E-state index is 13.6. The molecule has 1 aliphatic heterocycles. The second kappa shape index (κ2) is 7.09. The maximum Gasteiger partial charge on any atom is 0.226 e. The molecule has 4 heteroatoms. The van der Waals surface area contributed by atoms with E-state index in [0.29, 0.717) is 5.91 Å². The summed E-state index contributed by atoms with van der Waals surface area (Å²) in [4.78, 5) is 16.1. The van der Waals surface area contributed by atoms with Gasteiger partial charge in [0.25, 0.3) is 0 Å². The van der Waals surface area contributed by atoms with Crippen LogP contribution in [0, 0.1) is 17.3 Å². The maximum absolute atomic E-state index is 13.6. The van der Waals surface area contributed by atoms with Crippen molar-refractivity contribution in [3.05, 3.63) is 35.9 Å². The minimum atomic E-state index is -0.152. The molecular formula is C25H36N2O2. The number of ether oxygens (including phenoxy) is 1. The lowest BCUT2D eigenvalue weighted by Crippen LogP contribution is -2.61. The number of nitrogens with zero attached hydrogens (tertiary/aromatic N) is 1. The van der Waals surface area contributed by atoms with E-state index in [2.05, 4.69) is 54.4 Å². The van der Waals surface area contributed by atoms with E-state index >= 15 is 0 Å². The molecule has 1 amide bonds. The van der Waals surface area contributed by atoms with Gasteiger partial charge in [-0.2, -0.15) is 0 Å². The lowest BCUT2D eigenvalue weighted by Gasteiger charge is -2.61. The van der Waals surface area contributed by atoms with Crippen LogP contribution < -0.4 is 5.32 Å². The molecule has 5 aliphatic rings. The lowest BCUT2D eigenvalue weighted by molar-refractivity contribution is -0.149. The Balaban J connectivity index is 1.33. The number of nitrogens with one attached hydrogen (secondary N) is 1. The third kappa shape index (κ3) is 3.42. The quantitative estimate of drug-likeness (QED) is 0.824. The van der Waals surface area contributed by atoms with Gasteiger partial charge in [-0.25, -0.2) is 0 Å². The summed E-state index contributed by atoms with van der Waals surface area (Å²) in [5.41, 5.74) is 1.52. The van der Waals surface area contributed by atoms with E-state index in [1.807, 2.05) is 0 Å². The van der Waals surface area contributed by atoms with Gasteiger partial charge in [0.15, 0.2) is 0 Å². The van der Waals surface area contributed by atoms with Gasteiger partial charge in [0.05, 0.1) is 18.6 Å². The van der Waals surface area contributed by atoms with E-state index in [1.165, 1.54) is 24.8 Å². The van der Waals surface area contributed by atoms with Gasteiger partial charge in [0.1, 0.15) is 0 Å². The Hall–Kier alpha value is -1.39. The van der Waals surface area contributed by atoms with Crippen LogP contribution in [-0.4, -0.2) is 49.2 Å².